The van der Waals surface area contributed by atoms with Gasteiger partial charge in [-0.05, 0) is 12.1 Å². The molecule has 6 heteroatoms. The lowest BCUT2D eigenvalue weighted by Crippen LogP contribution is -2.42. The van der Waals surface area contributed by atoms with Gasteiger partial charge < -0.3 is 14.8 Å². The predicted molar refractivity (Wildman–Crippen MR) is 78.4 cm³/mol. The molecule has 1 aromatic carbocycles. The molecule has 1 saturated heterocycles. The van der Waals surface area contributed by atoms with Gasteiger partial charge >= 0.3 is 0 Å². The molecule has 3 nitrogen and oxygen atoms in total. The van der Waals surface area contributed by atoms with Crippen molar-refractivity contribution in [3.8, 4) is 0 Å². The van der Waals surface area contributed by atoms with E-state index >= 15 is 0 Å². The van der Waals surface area contributed by atoms with Gasteiger partial charge in [0.15, 0.2) is 0 Å². The molecule has 1 aliphatic rings. The molecule has 1 heterocycles. The van der Waals surface area contributed by atoms with Crippen molar-refractivity contribution in [3.05, 3.63) is 32.8 Å². The van der Waals surface area contributed by atoms with Crippen molar-refractivity contribution < 1.29 is 9.47 Å². The molecule has 0 amide bonds. The summed E-state index contributed by atoms with van der Waals surface area (Å²) >= 11 is 18.3. The minimum absolute atomic E-state index is 0.252. The minimum Gasteiger partial charge on any atom is -0.378 e. The first-order valence-corrected chi connectivity index (χ1v) is 7.17. The fourth-order valence-corrected chi connectivity index (χ4v) is 2.79. The Hall–Kier alpha value is -0.0300. The molecular formula is C13H16Cl3NO2. The summed E-state index contributed by atoms with van der Waals surface area (Å²) in [6.07, 6.45) is 0.882. The Morgan fingerprint density at radius 2 is 2.05 bits per heavy atom. The van der Waals surface area contributed by atoms with Gasteiger partial charge in [0.2, 0.25) is 0 Å². The SMILES string of the molecule is COC1(CNCc2c(Cl)ccc(Cl)c2Cl)CCOC1. The van der Waals surface area contributed by atoms with E-state index in [4.69, 9.17) is 44.3 Å². The molecule has 1 aliphatic heterocycles. The maximum atomic E-state index is 6.15. The molecule has 0 aromatic heterocycles. The van der Waals surface area contributed by atoms with E-state index in [2.05, 4.69) is 5.32 Å². The molecule has 2 rings (SSSR count). The maximum Gasteiger partial charge on any atom is 0.106 e. The van der Waals surface area contributed by atoms with E-state index in [9.17, 15) is 0 Å². The van der Waals surface area contributed by atoms with Crippen molar-refractivity contribution in [1.82, 2.24) is 5.32 Å². The van der Waals surface area contributed by atoms with Gasteiger partial charge in [-0.2, -0.15) is 0 Å². The van der Waals surface area contributed by atoms with Crippen molar-refractivity contribution in [2.45, 2.75) is 18.6 Å². The van der Waals surface area contributed by atoms with Crippen molar-refractivity contribution >= 4 is 34.8 Å². The number of hydrogen-bond acceptors (Lipinski definition) is 3. The lowest BCUT2D eigenvalue weighted by atomic mass is 10.0. The molecule has 0 aliphatic carbocycles. The third-order valence-corrected chi connectivity index (χ3v) is 4.59. The molecule has 0 spiro atoms. The van der Waals surface area contributed by atoms with Crippen LogP contribution in [0.1, 0.15) is 12.0 Å². The van der Waals surface area contributed by atoms with E-state index in [1.54, 1.807) is 19.2 Å². The van der Waals surface area contributed by atoms with Crippen molar-refractivity contribution in [2.24, 2.45) is 0 Å². The second-order valence-electron chi connectivity index (χ2n) is 4.62. The topological polar surface area (TPSA) is 30.5 Å². The van der Waals surface area contributed by atoms with Crippen LogP contribution in [-0.2, 0) is 16.0 Å². The quantitative estimate of drug-likeness (QED) is 0.840. The van der Waals surface area contributed by atoms with E-state index in [0.717, 1.165) is 18.6 Å². The summed E-state index contributed by atoms with van der Waals surface area (Å²) in [5.74, 6) is 0. The van der Waals surface area contributed by atoms with Gasteiger partial charge in [0.05, 0.1) is 16.7 Å². The largest absolute Gasteiger partial charge is 0.378 e. The first kappa shape index (κ1) is 15.4. The fourth-order valence-electron chi connectivity index (χ4n) is 2.11. The average Bonchev–Trinajstić information content (AvgIpc) is 2.88. The first-order chi connectivity index (χ1) is 9.08. The van der Waals surface area contributed by atoms with Gasteiger partial charge in [0.1, 0.15) is 5.60 Å². The smallest absolute Gasteiger partial charge is 0.106 e. The zero-order valence-corrected chi connectivity index (χ0v) is 12.9. The van der Waals surface area contributed by atoms with Crippen LogP contribution in [0.2, 0.25) is 15.1 Å². The molecular weight excluding hydrogens is 309 g/mol. The molecule has 1 N–H and O–H groups in total. The van der Waals surface area contributed by atoms with Crippen molar-refractivity contribution in [2.75, 3.05) is 26.9 Å². The fraction of sp³-hybridized carbons (Fsp3) is 0.538. The Kier molecular flexibility index (Phi) is 5.35. The average molecular weight is 325 g/mol. The Morgan fingerprint density at radius 1 is 1.32 bits per heavy atom. The number of benzene rings is 1. The number of hydrogen-bond donors (Lipinski definition) is 1. The van der Waals surface area contributed by atoms with Gasteiger partial charge in [-0.15, -0.1) is 0 Å². The Labute approximate surface area is 128 Å². The van der Waals surface area contributed by atoms with Crippen LogP contribution in [0.5, 0.6) is 0 Å². The second-order valence-corrected chi connectivity index (χ2v) is 5.81. The van der Waals surface area contributed by atoms with E-state index in [-0.39, 0.29) is 5.60 Å². The Bertz CT molecular complexity index is 448. The summed E-state index contributed by atoms with van der Waals surface area (Å²) < 4.78 is 10.9. The molecule has 0 radical (unpaired) electrons. The molecule has 0 bridgehead atoms. The summed E-state index contributed by atoms with van der Waals surface area (Å²) in [6.45, 7) is 2.56. The zero-order valence-electron chi connectivity index (χ0n) is 10.6. The van der Waals surface area contributed by atoms with Crippen LogP contribution in [0.25, 0.3) is 0 Å². The second kappa shape index (κ2) is 6.61. The van der Waals surface area contributed by atoms with Gasteiger partial charge in [-0.1, -0.05) is 34.8 Å². The summed E-state index contributed by atoms with van der Waals surface area (Å²) in [7, 11) is 1.70. The van der Waals surface area contributed by atoms with Gasteiger partial charge in [-0.25, -0.2) is 0 Å². The Morgan fingerprint density at radius 3 is 2.68 bits per heavy atom. The molecule has 106 valence electrons. The molecule has 1 atom stereocenters. The molecule has 1 unspecified atom stereocenters. The number of ether oxygens (including phenoxy) is 2. The van der Waals surface area contributed by atoms with Crippen LogP contribution in [0.15, 0.2) is 12.1 Å². The number of halogens is 3. The molecule has 19 heavy (non-hydrogen) atoms. The van der Waals surface area contributed by atoms with Crippen LogP contribution < -0.4 is 5.32 Å². The normalized spacial score (nSPS) is 22.9. The van der Waals surface area contributed by atoms with Crippen LogP contribution >= 0.6 is 34.8 Å². The van der Waals surface area contributed by atoms with Crippen molar-refractivity contribution in [3.63, 3.8) is 0 Å². The summed E-state index contributed by atoms with van der Waals surface area (Å²) in [6, 6.07) is 3.44. The number of rotatable bonds is 5. The minimum atomic E-state index is -0.252. The Balaban J connectivity index is 1.98. The van der Waals surface area contributed by atoms with Crippen LogP contribution in [0.3, 0.4) is 0 Å². The van der Waals surface area contributed by atoms with Crippen LogP contribution in [0, 0.1) is 0 Å². The predicted octanol–water partition coefficient (Wildman–Crippen LogP) is 3.54. The first-order valence-electron chi connectivity index (χ1n) is 6.04. The lowest BCUT2D eigenvalue weighted by Gasteiger charge is -2.26. The van der Waals surface area contributed by atoms with Crippen molar-refractivity contribution in [1.29, 1.82) is 0 Å². The molecule has 1 aromatic rings. The maximum absolute atomic E-state index is 6.15. The van der Waals surface area contributed by atoms with Crippen LogP contribution in [-0.4, -0.2) is 32.5 Å². The van der Waals surface area contributed by atoms with Gasteiger partial charge in [-0.3, -0.25) is 0 Å². The number of nitrogens with one attached hydrogen (secondary N) is 1. The third kappa shape index (κ3) is 3.54. The monoisotopic (exact) mass is 323 g/mol. The van der Waals surface area contributed by atoms with Gasteiger partial charge in [0.25, 0.3) is 0 Å². The highest BCUT2D eigenvalue weighted by Crippen LogP contribution is 2.31. The van der Waals surface area contributed by atoms with E-state index in [1.165, 1.54) is 0 Å². The third-order valence-electron chi connectivity index (χ3n) is 3.39. The summed E-state index contributed by atoms with van der Waals surface area (Å²) in [5.41, 5.74) is 0.554. The highest BCUT2D eigenvalue weighted by Gasteiger charge is 2.34. The standard InChI is InChI=1S/C13H16Cl3NO2/c1-18-13(4-5-19-8-13)7-17-6-9-10(14)2-3-11(15)12(9)16/h2-3,17H,4-8H2,1H3. The van der Waals surface area contributed by atoms with Gasteiger partial charge in [0, 0.05) is 43.8 Å². The zero-order chi connectivity index (χ0) is 13.9. The summed E-state index contributed by atoms with van der Waals surface area (Å²) in [5, 5.41) is 4.92. The van der Waals surface area contributed by atoms with Crippen LogP contribution in [0.4, 0.5) is 0 Å². The van der Waals surface area contributed by atoms with E-state index < -0.39 is 0 Å². The molecule has 1 fully saturated rings. The highest BCUT2D eigenvalue weighted by atomic mass is 35.5. The van der Waals surface area contributed by atoms with E-state index in [1.807, 2.05) is 0 Å². The molecule has 0 saturated carbocycles. The summed E-state index contributed by atoms with van der Waals surface area (Å²) in [4.78, 5) is 0. The van der Waals surface area contributed by atoms with E-state index in [0.29, 0.717) is 34.8 Å². The number of methoxy groups -OCH3 is 1. The lowest BCUT2D eigenvalue weighted by molar-refractivity contribution is -0.0159. The highest BCUT2D eigenvalue weighted by molar-refractivity contribution is 6.44.